The van der Waals surface area contributed by atoms with Crippen LogP contribution in [0.1, 0.15) is 83.7 Å². The van der Waals surface area contributed by atoms with Gasteiger partial charge in [-0.2, -0.15) is 5.10 Å². The van der Waals surface area contributed by atoms with E-state index in [9.17, 15) is 24.0 Å². The molecule has 6 heterocycles. The van der Waals surface area contributed by atoms with Crippen molar-refractivity contribution in [1.29, 1.82) is 0 Å². The predicted octanol–water partition coefficient (Wildman–Crippen LogP) is 5.17. The highest BCUT2D eigenvalue weighted by Gasteiger charge is 2.44. The first kappa shape index (κ1) is 41.9. The summed E-state index contributed by atoms with van der Waals surface area (Å²) in [6, 6.07) is 11.8. The summed E-state index contributed by atoms with van der Waals surface area (Å²) in [7, 11) is 0. The van der Waals surface area contributed by atoms with Crippen LogP contribution < -0.4 is 15.4 Å². The summed E-state index contributed by atoms with van der Waals surface area (Å²) in [5, 5.41) is 10.0. The van der Waals surface area contributed by atoms with E-state index >= 15 is 8.78 Å². The molecule has 9 rings (SSSR count). The molecule has 2 aromatic heterocycles. The minimum absolute atomic E-state index is 0.000908. The van der Waals surface area contributed by atoms with Gasteiger partial charge in [0, 0.05) is 68.3 Å². The maximum atomic E-state index is 15.4. The standard InChI is InChI=1S/C46H46F2N8O7/c47-36-19-27(20-37(48)35(36)22-31-24-49-14-18-63-31)32-5-4-6-38-43(32)52-39(25-50-38)28-23-51-55(26-28)29-12-15-54(16-13-29)42(58)7-2-1-3-17-62-30-8-9-33-34(21-30)46(61)56(45(33)60)40-10-11-41(57)53-44(40)59/h4-6,8-9,19-21,23,25-26,29,31,40,49H,1-3,7,10-18,22,24H2,(H,53,57,59). The number of ether oxygens (including phenoxy) is 2. The molecule has 2 N–H and O–H groups in total. The van der Waals surface area contributed by atoms with Crippen LogP contribution in [0.3, 0.4) is 0 Å². The number of likely N-dealkylation sites (tertiary alicyclic amines) is 1. The number of amides is 5. The Labute approximate surface area is 361 Å². The summed E-state index contributed by atoms with van der Waals surface area (Å²) in [5.74, 6) is -2.97. The minimum Gasteiger partial charge on any atom is -0.494 e. The Hall–Kier alpha value is -6.46. The zero-order valence-electron chi connectivity index (χ0n) is 34.5. The van der Waals surface area contributed by atoms with Gasteiger partial charge in [0.1, 0.15) is 23.4 Å². The van der Waals surface area contributed by atoms with E-state index in [-0.39, 0.29) is 54.0 Å². The van der Waals surface area contributed by atoms with Gasteiger partial charge in [-0.1, -0.05) is 12.1 Å². The first-order valence-corrected chi connectivity index (χ1v) is 21.5. The van der Waals surface area contributed by atoms with Gasteiger partial charge >= 0.3 is 0 Å². The molecule has 0 radical (unpaired) electrons. The zero-order chi connectivity index (χ0) is 43.6. The fourth-order valence-electron chi connectivity index (χ4n) is 8.83. The van der Waals surface area contributed by atoms with E-state index in [1.165, 1.54) is 24.3 Å². The van der Waals surface area contributed by atoms with Crippen molar-refractivity contribution in [3.8, 4) is 28.1 Å². The van der Waals surface area contributed by atoms with Gasteiger partial charge in [-0.25, -0.2) is 13.8 Å². The molecule has 3 saturated heterocycles. The Morgan fingerprint density at radius 2 is 1.70 bits per heavy atom. The molecule has 2 atom stereocenters. The fraction of sp³-hybridized carbons (Fsp3) is 0.391. The fourth-order valence-corrected chi connectivity index (χ4v) is 8.83. The lowest BCUT2D eigenvalue weighted by atomic mass is 9.98. The van der Waals surface area contributed by atoms with Crippen molar-refractivity contribution in [2.45, 2.75) is 76.0 Å². The molecule has 63 heavy (non-hydrogen) atoms. The third-order valence-corrected chi connectivity index (χ3v) is 12.3. The molecule has 3 aromatic carbocycles. The second-order valence-corrected chi connectivity index (χ2v) is 16.4. The first-order chi connectivity index (χ1) is 30.6. The minimum atomic E-state index is -1.03. The maximum absolute atomic E-state index is 15.4. The summed E-state index contributed by atoms with van der Waals surface area (Å²) in [4.78, 5) is 75.4. The number of unbranched alkanes of at least 4 members (excludes halogenated alkanes) is 2. The van der Waals surface area contributed by atoms with Crippen LogP contribution in [0.25, 0.3) is 33.4 Å². The largest absolute Gasteiger partial charge is 0.494 e. The van der Waals surface area contributed by atoms with Crippen LogP contribution in [-0.4, -0.2) is 111 Å². The van der Waals surface area contributed by atoms with Crippen molar-refractivity contribution in [3.63, 3.8) is 0 Å². The van der Waals surface area contributed by atoms with E-state index in [1.54, 1.807) is 30.6 Å². The second-order valence-electron chi connectivity index (χ2n) is 16.4. The van der Waals surface area contributed by atoms with Gasteiger partial charge in [-0.15, -0.1) is 0 Å². The third-order valence-electron chi connectivity index (χ3n) is 12.3. The maximum Gasteiger partial charge on any atom is 0.262 e. The van der Waals surface area contributed by atoms with Crippen molar-refractivity contribution in [3.05, 3.63) is 95.4 Å². The van der Waals surface area contributed by atoms with E-state index in [2.05, 4.69) is 20.7 Å². The van der Waals surface area contributed by atoms with Crippen LogP contribution in [0.5, 0.6) is 5.75 Å². The lowest BCUT2D eigenvalue weighted by Crippen LogP contribution is -2.54. The van der Waals surface area contributed by atoms with Crippen molar-refractivity contribution < 1.29 is 42.2 Å². The van der Waals surface area contributed by atoms with Crippen LogP contribution in [0.4, 0.5) is 8.78 Å². The smallest absolute Gasteiger partial charge is 0.262 e. The van der Waals surface area contributed by atoms with Gasteiger partial charge < -0.3 is 19.7 Å². The topological polar surface area (TPSA) is 178 Å². The van der Waals surface area contributed by atoms with E-state index < -0.39 is 41.3 Å². The molecular formula is C46H46F2N8O7. The van der Waals surface area contributed by atoms with Crippen molar-refractivity contribution in [2.75, 3.05) is 39.4 Å². The Bertz CT molecular complexity index is 2580. The van der Waals surface area contributed by atoms with Crippen molar-refractivity contribution in [2.24, 2.45) is 0 Å². The Morgan fingerprint density at radius 3 is 2.48 bits per heavy atom. The Kier molecular flexibility index (Phi) is 12.0. The first-order valence-electron chi connectivity index (χ1n) is 21.5. The van der Waals surface area contributed by atoms with E-state index in [0.29, 0.717) is 85.7 Å². The summed E-state index contributed by atoms with van der Waals surface area (Å²) in [6.07, 6.45) is 9.35. The molecule has 5 amide bonds. The number of nitrogens with one attached hydrogen (secondary N) is 2. The van der Waals surface area contributed by atoms with Gasteiger partial charge in [0.2, 0.25) is 17.7 Å². The number of benzene rings is 3. The molecule has 0 spiro atoms. The summed E-state index contributed by atoms with van der Waals surface area (Å²) < 4.78 is 44.2. The van der Waals surface area contributed by atoms with Crippen LogP contribution in [0.2, 0.25) is 0 Å². The number of nitrogens with zero attached hydrogens (tertiary/aromatic N) is 6. The van der Waals surface area contributed by atoms with E-state index in [0.717, 1.165) is 36.3 Å². The number of hydrogen-bond donors (Lipinski definition) is 2. The number of carbonyl (C=O) groups excluding carboxylic acids is 5. The molecule has 4 aliphatic heterocycles. The van der Waals surface area contributed by atoms with Crippen molar-refractivity contribution >= 4 is 40.6 Å². The average molecular weight is 861 g/mol. The highest BCUT2D eigenvalue weighted by Crippen LogP contribution is 2.33. The van der Waals surface area contributed by atoms with Crippen LogP contribution in [0, 0.1) is 11.6 Å². The number of para-hydroxylation sites is 1. The van der Waals surface area contributed by atoms with Gasteiger partial charge in [0.05, 0.1) is 65.6 Å². The van der Waals surface area contributed by atoms with Crippen LogP contribution >= 0.6 is 0 Å². The number of piperidine rings is 2. The number of hydrogen-bond acceptors (Lipinski definition) is 11. The Balaban J connectivity index is 0.739. The Morgan fingerprint density at radius 1 is 0.889 bits per heavy atom. The van der Waals surface area contributed by atoms with E-state index in [4.69, 9.17) is 14.5 Å². The number of rotatable bonds is 13. The number of fused-ring (bicyclic) bond motifs is 2. The molecule has 0 saturated carbocycles. The number of aromatic nitrogens is 4. The average Bonchev–Trinajstić information content (AvgIpc) is 3.88. The summed E-state index contributed by atoms with van der Waals surface area (Å²) >= 11 is 0. The number of halogens is 2. The molecular weight excluding hydrogens is 815 g/mol. The van der Waals surface area contributed by atoms with Gasteiger partial charge in [-0.3, -0.25) is 43.9 Å². The molecule has 0 bridgehead atoms. The molecule has 4 aliphatic rings. The molecule has 0 aliphatic carbocycles. The summed E-state index contributed by atoms with van der Waals surface area (Å²) in [6.45, 7) is 3.34. The molecule has 15 nitrogen and oxygen atoms in total. The number of morpholine rings is 1. The monoisotopic (exact) mass is 860 g/mol. The number of carbonyl (C=O) groups is 5. The van der Waals surface area contributed by atoms with E-state index in [1.807, 2.05) is 21.8 Å². The lowest BCUT2D eigenvalue weighted by molar-refractivity contribution is -0.136. The third kappa shape index (κ3) is 8.80. The normalized spacial score (nSPS) is 19.5. The van der Waals surface area contributed by atoms with Crippen LogP contribution in [0.15, 0.2) is 67.1 Å². The van der Waals surface area contributed by atoms with Crippen LogP contribution in [-0.2, 0) is 25.5 Å². The van der Waals surface area contributed by atoms with Gasteiger partial charge in [-0.05, 0) is 80.5 Å². The van der Waals surface area contributed by atoms with Gasteiger partial charge in [0.15, 0.2) is 0 Å². The molecule has 3 fully saturated rings. The second kappa shape index (κ2) is 18.1. The zero-order valence-corrected chi connectivity index (χ0v) is 34.5. The lowest BCUT2D eigenvalue weighted by Gasteiger charge is -2.32. The molecule has 5 aromatic rings. The highest BCUT2D eigenvalue weighted by molar-refractivity contribution is 6.23. The van der Waals surface area contributed by atoms with Gasteiger partial charge in [0.25, 0.3) is 11.8 Å². The quantitative estimate of drug-likeness (QED) is 0.118. The summed E-state index contributed by atoms with van der Waals surface area (Å²) in [5.41, 5.74) is 3.74. The predicted molar refractivity (Wildman–Crippen MR) is 224 cm³/mol. The van der Waals surface area contributed by atoms with Crippen molar-refractivity contribution in [1.82, 2.24) is 40.2 Å². The molecule has 17 heteroatoms. The SMILES string of the molecule is O=C1CCC(N2C(=O)c3ccc(OCCCCCC(=O)N4CCC(n5cc(-c6cnc7cccc(-c8cc(F)c(CC9CNCCO9)c(F)c8)c7n6)cn5)CC4)cc3C2=O)C(=O)N1. The highest BCUT2D eigenvalue weighted by atomic mass is 19.1. The molecule has 326 valence electrons. The molecule has 2 unspecified atom stereocenters. The number of imide groups is 2.